The fourth-order valence-electron chi connectivity index (χ4n) is 2.90. The van der Waals surface area contributed by atoms with Gasteiger partial charge in [0, 0.05) is 32.2 Å². The van der Waals surface area contributed by atoms with Crippen LogP contribution in [-0.4, -0.2) is 54.7 Å². The molecule has 0 unspecified atom stereocenters. The van der Waals surface area contributed by atoms with E-state index in [9.17, 15) is 9.59 Å². The zero-order valence-electron chi connectivity index (χ0n) is 12.8. The van der Waals surface area contributed by atoms with Crippen LogP contribution in [0.4, 0.5) is 5.69 Å². The Balaban J connectivity index is 2.05. The Morgan fingerprint density at radius 1 is 1.14 bits per heavy atom. The molecular weight excluding hydrogens is 284 g/mol. The van der Waals surface area contributed by atoms with Crippen molar-refractivity contribution < 1.29 is 4.74 Å². The number of ether oxygens (including phenoxy) is 1. The topological polar surface area (TPSA) is 81.4 Å². The van der Waals surface area contributed by atoms with Crippen LogP contribution in [0, 0.1) is 0 Å². The molecule has 1 fully saturated rings. The van der Waals surface area contributed by atoms with Crippen LogP contribution in [-0.2, 0) is 0 Å². The molecule has 0 aliphatic carbocycles. The Morgan fingerprint density at radius 2 is 1.86 bits per heavy atom. The quantitative estimate of drug-likeness (QED) is 0.856. The summed E-state index contributed by atoms with van der Waals surface area (Å²) in [5.74, 6) is 0.665. The highest BCUT2D eigenvalue weighted by atomic mass is 16.5. The zero-order valence-corrected chi connectivity index (χ0v) is 12.8. The predicted molar refractivity (Wildman–Crippen MR) is 86.1 cm³/mol. The summed E-state index contributed by atoms with van der Waals surface area (Å²) in [5, 5.41) is 0.466. The fourth-order valence-corrected chi connectivity index (χ4v) is 2.90. The molecule has 0 atom stereocenters. The number of nitrogens with zero attached hydrogens (tertiary/aromatic N) is 2. The molecular formula is C15H20N4O3. The third kappa shape index (κ3) is 2.59. The summed E-state index contributed by atoms with van der Waals surface area (Å²) in [6.07, 6.45) is 0. The van der Waals surface area contributed by atoms with Crippen molar-refractivity contribution in [3.05, 3.63) is 33.0 Å². The Hall–Kier alpha value is -2.28. The number of hydrogen-bond acceptors (Lipinski definition) is 5. The molecule has 7 nitrogen and oxygen atoms in total. The number of aromatic amines is 2. The maximum atomic E-state index is 12.0. The molecule has 1 saturated heterocycles. The molecule has 22 heavy (non-hydrogen) atoms. The van der Waals surface area contributed by atoms with Gasteiger partial charge in [-0.2, -0.15) is 0 Å². The number of piperazine rings is 1. The molecule has 1 aromatic heterocycles. The van der Waals surface area contributed by atoms with Gasteiger partial charge < -0.3 is 19.5 Å². The van der Waals surface area contributed by atoms with E-state index in [1.54, 1.807) is 19.2 Å². The van der Waals surface area contributed by atoms with Gasteiger partial charge in [0.2, 0.25) is 0 Å². The number of hydrogen-bond donors (Lipinski definition) is 2. The molecule has 7 heteroatoms. The van der Waals surface area contributed by atoms with Crippen LogP contribution in [0.15, 0.2) is 21.7 Å². The molecule has 1 aromatic carbocycles. The van der Waals surface area contributed by atoms with Gasteiger partial charge in [-0.25, -0.2) is 4.79 Å². The van der Waals surface area contributed by atoms with Crippen molar-refractivity contribution in [2.45, 2.75) is 6.92 Å². The first-order chi connectivity index (χ1) is 10.6. The van der Waals surface area contributed by atoms with Crippen LogP contribution in [0.1, 0.15) is 6.92 Å². The van der Waals surface area contributed by atoms with E-state index in [0.717, 1.165) is 38.4 Å². The molecule has 2 aromatic rings. The van der Waals surface area contributed by atoms with Crippen molar-refractivity contribution in [2.75, 3.05) is 44.7 Å². The summed E-state index contributed by atoms with van der Waals surface area (Å²) in [6.45, 7) is 6.94. The van der Waals surface area contributed by atoms with Gasteiger partial charge in [0.1, 0.15) is 5.75 Å². The minimum Gasteiger partial charge on any atom is -0.495 e. The Labute approximate surface area is 127 Å². The van der Waals surface area contributed by atoms with E-state index < -0.39 is 5.69 Å². The average Bonchev–Trinajstić information content (AvgIpc) is 2.53. The van der Waals surface area contributed by atoms with Gasteiger partial charge in [0.05, 0.1) is 23.7 Å². The minimum atomic E-state index is -0.510. The van der Waals surface area contributed by atoms with Gasteiger partial charge in [0.25, 0.3) is 5.56 Å². The number of methoxy groups -OCH3 is 1. The summed E-state index contributed by atoms with van der Waals surface area (Å²) in [6, 6.07) is 3.51. The van der Waals surface area contributed by atoms with Gasteiger partial charge in [-0.3, -0.25) is 9.78 Å². The lowest BCUT2D eigenvalue weighted by atomic mass is 10.1. The monoisotopic (exact) mass is 304 g/mol. The zero-order chi connectivity index (χ0) is 15.7. The lowest BCUT2D eigenvalue weighted by molar-refractivity contribution is 0.270. The Kier molecular flexibility index (Phi) is 3.89. The van der Waals surface area contributed by atoms with Crippen molar-refractivity contribution in [3.63, 3.8) is 0 Å². The second-order valence-electron chi connectivity index (χ2n) is 5.40. The summed E-state index contributed by atoms with van der Waals surface area (Å²) in [7, 11) is 1.60. The maximum absolute atomic E-state index is 12.0. The van der Waals surface area contributed by atoms with Gasteiger partial charge in [0.15, 0.2) is 0 Å². The number of likely N-dealkylation sites (N-methyl/N-ethyl adjacent to an activating group) is 1. The maximum Gasteiger partial charge on any atom is 0.326 e. The van der Waals surface area contributed by atoms with Crippen molar-refractivity contribution >= 4 is 16.6 Å². The van der Waals surface area contributed by atoms with Gasteiger partial charge in [-0.05, 0) is 12.6 Å². The molecule has 118 valence electrons. The first-order valence-electron chi connectivity index (χ1n) is 7.44. The molecule has 0 radical (unpaired) electrons. The third-order valence-electron chi connectivity index (χ3n) is 4.20. The molecule has 2 heterocycles. The SMILES string of the molecule is CCN1CCN(c2cc3c(=O)[nH]c(=O)[nH]c3cc2OC)CC1. The van der Waals surface area contributed by atoms with Gasteiger partial charge >= 0.3 is 5.69 Å². The first kappa shape index (κ1) is 14.6. The lowest BCUT2D eigenvalue weighted by Gasteiger charge is -2.36. The highest BCUT2D eigenvalue weighted by Crippen LogP contribution is 2.31. The number of benzene rings is 1. The van der Waals surface area contributed by atoms with E-state index in [1.807, 2.05) is 0 Å². The number of rotatable bonds is 3. The first-order valence-corrected chi connectivity index (χ1v) is 7.44. The molecule has 1 aliphatic heterocycles. The predicted octanol–water partition coefficient (Wildman–Crippen LogP) is 0.367. The second kappa shape index (κ2) is 5.84. The number of aromatic nitrogens is 2. The largest absolute Gasteiger partial charge is 0.495 e. The molecule has 2 N–H and O–H groups in total. The molecule has 1 aliphatic rings. The van der Waals surface area contributed by atoms with E-state index in [4.69, 9.17) is 4.74 Å². The number of fused-ring (bicyclic) bond motifs is 1. The highest BCUT2D eigenvalue weighted by Gasteiger charge is 2.20. The molecule has 0 saturated carbocycles. The smallest absolute Gasteiger partial charge is 0.326 e. The van der Waals surface area contributed by atoms with Crippen molar-refractivity contribution in [1.82, 2.24) is 14.9 Å². The summed E-state index contributed by atoms with van der Waals surface area (Å²) < 4.78 is 5.45. The summed E-state index contributed by atoms with van der Waals surface area (Å²) >= 11 is 0. The van der Waals surface area contributed by atoms with Gasteiger partial charge in [-0.1, -0.05) is 6.92 Å². The standard InChI is InChI=1S/C15H20N4O3/c1-3-18-4-6-19(7-5-18)12-8-10-11(9-13(12)22-2)16-15(21)17-14(10)20/h8-9H,3-7H2,1-2H3,(H2,16,17,20,21). The highest BCUT2D eigenvalue weighted by molar-refractivity contribution is 5.85. The Morgan fingerprint density at radius 3 is 2.50 bits per heavy atom. The van der Waals surface area contributed by atoms with Crippen LogP contribution >= 0.6 is 0 Å². The number of anilines is 1. The Bertz CT molecular complexity index is 787. The molecule has 0 spiro atoms. The third-order valence-corrected chi connectivity index (χ3v) is 4.20. The minimum absolute atomic E-state index is 0.380. The molecule has 3 rings (SSSR count). The van der Waals surface area contributed by atoms with Crippen molar-refractivity contribution in [3.8, 4) is 5.75 Å². The van der Waals surface area contributed by atoms with E-state index in [2.05, 4.69) is 26.7 Å². The number of H-pyrrole nitrogens is 2. The van der Waals surface area contributed by atoms with Crippen LogP contribution in [0.3, 0.4) is 0 Å². The second-order valence-corrected chi connectivity index (χ2v) is 5.40. The summed E-state index contributed by atoms with van der Waals surface area (Å²) in [4.78, 5) is 32.9. The number of nitrogens with one attached hydrogen (secondary N) is 2. The summed E-state index contributed by atoms with van der Waals surface area (Å²) in [5.41, 5.74) is 0.489. The molecule has 0 amide bonds. The van der Waals surface area contributed by atoms with Crippen molar-refractivity contribution in [1.29, 1.82) is 0 Å². The van der Waals surface area contributed by atoms with Crippen LogP contribution in [0.25, 0.3) is 10.9 Å². The normalized spacial score (nSPS) is 16.2. The van der Waals surface area contributed by atoms with Crippen LogP contribution in [0.2, 0.25) is 0 Å². The van der Waals surface area contributed by atoms with E-state index >= 15 is 0 Å². The van der Waals surface area contributed by atoms with E-state index in [-0.39, 0.29) is 5.56 Å². The van der Waals surface area contributed by atoms with E-state index in [1.165, 1.54) is 0 Å². The van der Waals surface area contributed by atoms with E-state index in [0.29, 0.717) is 16.7 Å². The van der Waals surface area contributed by atoms with Crippen LogP contribution in [0.5, 0.6) is 5.75 Å². The lowest BCUT2D eigenvalue weighted by Crippen LogP contribution is -2.46. The van der Waals surface area contributed by atoms with Crippen molar-refractivity contribution in [2.24, 2.45) is 0 Å². The molecule has 0 bridgehead atoms. The van der Waals surface area contributed by atoms with Crippen LogP contribution < -0.4 is 20.9 Å². The van der Waals surface area contributed by atoms with Gasteiger partial charge in [-0.15, -0.1) is 0 Å². The average molecular weight is 304 g/mol. The fraction of sp³-hybridized carbons (Fsp3) is 0.467.